The molecule has 0 aromatic heterocycles. The fraction of sp³-hybridized carbons (Fsp3) is 0.235. The van der Waals surface area contributed by atoms with Crippen molar-refractivity contribution in [3.63, 3.8) is 0 Å². The van der Waals surface area contributed by atoms with Crippen molar-refractivity contribution in [1.82, 2.24) is 0 Å². The number of rotatable bonds is 6. The molecule has 0 N–H and O–H groups in total. The van der Waals surface area contributed by atoms with E-state index >= 15 is 0 Å². The monoisotopic (exact) mass is 282 g/mol. The molecule has 0 fully saturated rings. The van der Waals surface area contributed by atoms with Crippen LogP contribution in [0, 0.1) is 10.1 Å². The van der Waals surface area contributed by atoms with Crippen LogP contribution in [0.15, 0.2) is 65.7 Å². The molecular weight excluding hydrogens is 264 g/mol. The summed E-state index contributed by atoms with van der Waals surface area (Å²) in [5.74, 6) is 0. The van der Waals surface area contributed by atoms with E-state index in [1.165, 1.54) is 0 Å². The van der Waals surface area contributed by atoms with Gasteiger partial charge in [-0.2, -0.15) is 0 Å². The number of hydrogen-bond acceptors (Lipinski definition) is 3. The first-order chi connectivity index (χ1) is 10.2. The summed E-state index contributed by atoms with van der Waals surface area (Å²) < 4.78 is 0. The second-order valence-electron chi connectivity index (χ2n) is 4.81. The summed E-state index contributed by atoms with van der Waals surface area (Å²) in [4.78, 5) is 15.5. The zero-order chi connectivity index (χ0) is 15.1. The second-order valence-corrected chi connectivity index (χ2v) is 4.81. The molecular formula is C17H18N2O2. The van der Waals surface area contributed by atoms with Crippen LogP contribution in [0.3, 0.4) is 0 Å². The third kappa shape index (κ3) is 3.99. The molecule has 2 aromatic rings. The number of nitrogens with zero attached hydrogens (tertiary/aromatic N) is 2. The van der Waals surface area contributed by atoms with E-state index in [1.54, 1.807) is 6.21 Å². The van der Waals surface area contributed by atoms with Gasteiger partial charge in [0, 0.05) is 17.6 Å². The molecule has 108 valence electrons. The first-order valence-corrected chi connectivity index (χ1v) is 6.99. The second kappa shape index (κ2) is 7.33. The van der Waals surface area contributed by atoms with Crippen LogP contribution in [-0.2, 0) is 0 Å². The van der Waals surface area contributed by atoms with Gasteiger partial charge in [-0.3, -0.25) is 15.1 Å². The largest absolute Gasteiger partial charge is 0.277 e. The molecule has 0 heterocycles. The van der Waals surface area contributed by atoms with Gasteiger partial charge in [-0.1, -0.05) is 67.6 Å². The van der Waals surface area contributed by atoms with E-state index in [2.05, 4.69) is 4.99 Å². The highest BCUT2D eigenvalue weighted by atomic mass is 16.6. The van der Waals surface area contributed by atoms with Crippen LogP contribution >= 0.6 is 0 Å². The van der Waals surface area contributed by atoms with Gasteiger partial charge in [0.2, 0.25) is 6.04 Å². The van der Waals surface area contributed by atoms with Crippen molar-refractivity contribution in [2.75, 3.05) is 0 Å². The zero-order valence-corrected chi connectivity index (χ0v) is 11.9. The zero-order valence-electron chi connectivity index (χ0n) is 11.9. The smallest absolute Gasteiger partial charge is 0.238 e. The first kappa shape index (κ1) is 14.9. The maximum atomic E-state index is 11.3. The van der Waals surface area contributed by atoms with Gasteiger partial charge in [0.1, 0.15) is 6.04 Å². The highest BCUT2D eigenvalue weighted by Gasteiger charge is 2.30. The minimum absolute atomic E-state index is 0.236. The SMILES string of the molecule is CCC(C(N=Cc1ccccc1)c1ccccc1)[N+](=O)[O-]. The van der Waals surface area contributed by atoms with Crippen LogP contribution in [0.4, 0.5) is 0 Å². The molecule has 2 aromatic carbocycles. The molecule has 0 saturated carbocycles. The molecule has 0 aliphatic carbocycles. The Hall–Kier alpha value is -2.49. The van der Waals surface area contributed by atoms with Gasteiger partial charge in [0.25, 0.3) is 0 Å². The van der Waals surface area contributed by atoms with Crippen molar-refractivity contribution in [3.05, 3.63) is 81.9 Å². The lowest BCUT2D eigenvalue weighted by Crippen LogP contribution is -2.26. The summed E-state index contributed by atoms with van der Waals surface area (Å²) in [6, 6.07) is 17.9. The summed E-state index contributed by atoms with van der Waals surface area (Å²) in [5.41, 5.74) is 1.81. The molecule has 0 bridgehead atoms. The molecule has 0 spiro atoms. The van der Waals surface area contributed by atoms with Crippen LogP contribution in [0.2, 0.25) is 0 Å². The maximum absolute atomic E-state index is 11.3. The van der Waals surface area contributed by atoms with E-state index in [4.69, 9.17) is 0 Å². The Morgan fingerprint density at radius 1 is 1.10 bits per heavy atom. The molecule has 0 aliphatic heterocycles. The van der Waals surface area contributed by atoms with Crippen molar-refractivity contribution in [1.29, 1.82) is 0 Å². The predicted molar refractivity (Wildman–Crippen MR) is 84.3 cm³/mol. The van der Waals surface area contributed by atoms with Crippen molar-refractivity contribution in [2.45, 2.75) is 25.4 Å². The average Bonchev–Trinajstić information content (AvgIpc) is 2.53. The molecule has 0 saturated heterocycles. The minimum Gasteiger partial charge on any atom is -0.277 e. The molecule has 0 aliphatic rings. The normalized spacial score (nSPS) is 14.0. The fourth-order valence-electron chi connectivity index (χ4n) is 2.25. The average molecular weight is 282 g/mol. The van der Waals surface area contributed by atoms with E-state index in [1.807, 2.05) is 67.6 Å². The molecule has 0 amide bonds. The molecule has 0 radical (unpaired) electrons. The van der Waals surface area contributed by atoms with Crippen LogP contribution in [0.1, 0.15) is 30.5 Å². The van der Waals surface area contributed by atoms with E-state index in [0.717, 1.165) is 11.1 Å². The van der Waals surface area contributed by atoms with E-state index in [0.29, 0.717) is 6.42 Å². The molecule has 2 rings (SSSR count). The van der Waals surface area contributed by atoms with Gasteiger partial charge in [-0.25, -0.2) is 0 Å². The third-order valence-electron chi connectivity index (χ3n) is 3.38. The summed E-state index contributed by atoms with van der Waals surface area (Å²) in [5, 5.41) is 11.3. The summed E-state index contributed by atoms with van der Waals surface area (Å²) in [6.07, 6.45) is 2.16. The number of benzene rings is 2. The van der Waals surface area contributed by atoms with Crippen molar-refractivity contribution in [2.24, 2.45) is 4.99 Å². The van der Waals surface area contributed by atoms with Crippen LogP contribution in [0.5, 0.6) is 0 Å². The quantitative estimate of drug-likeness (QED) is 0.458. The van der Waals surface area contributed by atoms with Gasteiger partial charge in [-0.05, 0) is 11.1 Å². The molecule has 21 heavy (non-hydrogen) atoms. The summed E-state index contributed by atoms with van der Waals surface area (Å²) in [6.45, 7) is 1.82. The Morgan fingerprint density at radius 3 is 2.19 bits per heavy atom. The lowest BCUT2D eigenvalue weighted by Gasteiger charge is -2.16. The Balaban J connectivity index is 2.32. The standard InChI is InChI=1S/C17H18N2O2/c1-2-16(19(20)21)17(15-11-7-4-8-12-15)18-13-14-9-5-3-6-10-14/h3-13,16-17H,2H2,1H3. The van der Waals surface area contributed by atoms with Crippen molar-refractivity contribution in [3.8, 4) is 0 Å². The lowest BCUT2D eigenvalue weighted by atomic mass is 9.98. The number of aliphatic imine (C=N–C) groups is 1. The van der Waals surface area contributed by atoms with Crippen molar-refractivity contribution < 1.29 is 4.92 Å². The summed E-state index contributed by atoms with van der Waals surface area (Å²) in [7, 11) is 0. The van der Waals surface area contributed by atoms with Crippen LogP contribution < -0.4 is 0 Å². The van der Waals surface area contributed by atoms with Gasteiger partial charge in [-0.15, -0.1) is 0 Å². The minimum atomic E-state index is -0.715. The van der Waals surface area contributed by atoms with Gasteiger partial charge >= 0.3 is 0 Å². The first-order valence-electron chi connectivity index (χ1n) is 6.99. The Bertz CT molecular complexity index is 597. The molecule has 2 atom stereocenters. The maximum Gasteiger partial charge on any atom is 0.238 e. The molecule has 2 unspecified atom stereocenters. The van der Waals surface area contributed by atoms with E-state index in [-0.39, 0.29) is 4.92 Å². The van der Waals surface area contributed by atoms with Gasteiger partial charge < -0.3 is 0 Å². The fourth-order valence-corrected chi connectivity index (χ4v) is 2.25. The molecule has 4 nitrogen and oxygen atoms in total. The highest BCUT2D eigenvalue weighted by Crippen LogP contribution is 2.25. The molecule has 4 heteroatoms. The lowest BCUT2D eigenvalue weighted by molar-refractivity contribution is -0.527. The van der Waals surface area contributed by atoms with E-state index < -0.39 is 12.1 Å². The van der Waals surface area contributed by atoms with Crippen molar-refractivity contribution >= 4 is 6.21 Å². The van der Waals surface area contributed by atoms with Gasteiger partial charge in [0.05, 0.1) is 0 Å². The van der Waals surface area contributed by atoms with Gasteiger partial charge in [0.15, 0.2) is 0 Å². The Labute approximate surface area is 124 Å². The summed E-state index contributed by atoms with van der Waals surface area (Å²) >= 11 is 0. The van der Waals surface area contributed by atoms with Crippen LogP contribution in [-0.4, -0.2) is 17.2 Å². The topological polar surface area (TPSA) is 55.5 Å². The number of nitro groups is 1. The Kier molecular flexibility index (Phi) is 5.21. The Morgan fingerprint density at radius 2 is 1.67 bits per heavy atom. The highest BCUT2D eigenvalue weighted by molar-refractivity contribution is 5.79. The predicted octanol–water partition coefficient (Wildman–Crippen LogP) is 3.90. The number of hydrogen-bond donors (Lipinski definition) is 0. The van der Waals surface area contributed by atoms with Crippen LogP contribution in [0.25, 0.3) is 0 Å². The van der Waals surface area contributed by atoms with E-state index in [9.17, 15) is 10.1 Å². The third-order valence-corrected chi connectivity index (χ3v) is 3.38.